The first-order valence-electron chi connectivity index (χ1n) is 9.92. The molecule has 28 heavy (non-hydrogen) atoms. The van der Waals surface area contributed by atoms with Gasteiger partial charge in [0.25, 0.3) is 0 Å². The standard InChI is InChI=1S/C20H32FN3O3S/c1-4-5-13-28(26,27)24-11-9-16(10-12-24)20(25)22-15-19(23(2)3)17-7-6-8-18(21)14-17/h6-8,14,16,19H,4-5,9-13,15H2,1-3H3,(H,22,25). The van der Waals surface area contributed by atoms with Crippen molar-refractivity contribution in [2.24, 2.45) is 5.92 Å². The number of nitrogens with one attached hydrogen (secondary N) is 1. The topological polar surface area (TPSA) is 69.7 Å². The van der Waals surface area contributed by atoms with Crippen LogP contribution >= 0.6 is 0 Å². The van der Waals surface area contributed by atoms with Gasteiger partial charge in [0.15, 0.2) is 0 Å². The molecular weight excluding hydrogens is 381 g/mol. The second kappa shape index (κ2) is 10.3. The summed E-state index contributed by atoms with van der Waals surface area (Å²) in [4.78, 5) is 14.5. The number of piperidine rings is 1. The van der Waals surface area contributed by atoms with Crippen LogP contribution in [0, 0.1) is 11.7 Å². The van der Waals surface area contributed by atoms with Crippen LogP contribution < -0.4 is 5.32 Å². The maximum atomic E-state index is 13.5. The van der Waals surface area contributed by atoms with Crippen molar-refractivity contribution in [3.05, 3.63) is 35.6 Å². The van der Waals surface area contributed by atoms with Crippen molar-refractivity contribution in [3.63, 3.8) is 0 Å². The Balaban J connectivity index is 1.88. The predicted octanol–water partition coefficient (Wildman–Crippen LogP) is 2.39. The second-order valence-corrected chi connectivity index (χ2v) is 9.71. The molecule has 0 aliphatic carbocycles. The number of hydrogen-bond acceptors (Lipinski definition) is 4. The van der Waals surface area contributed by atoms with E-state index in [2.05, 4.69) is 5.32 Å². The highest BCUT2D eigenvalue weighted by Gasteiger charge is 2.31. The minimum Gasteiger partial charge on any atom is -0.354 e. The van der Waals surface area contributed by atoms with Crippen LogP contribution in [0.15, 0.2) is 24.3 Å². The van der Waals surface area contributed by atoms with Crippen molar-refractivity contribution in [2.75, 3.05) is 39.5 Å². The first kappa shape index (κ1) is 22.8. The second-order valence-electron chi connectivity index (χ2n) is 7.62. The molecule has 0 saturated carbocycles. The van der Waals surface area contributed by atoms with Crippen molar-refractivity contribution in [3.8, 4) is 0 Å². The summed E-state index contributed by atoms with van der Waals surface area (Å²) in [5, 5.41) is 2.97. The van der Waals surface area contributed by atoms with E-state index in [4.69, 9.17) is 0 Å². The van der Waals surface area contributed by atoms with Gasteiger partial charge in [-0.2, -0.15) is 0 Å². The molecule has 2 rings (SSSR count). The van der Waals surface area contributed by atoms with Crippen molar-refractivity contribution in [1.29, 1.82) is 0 Å². The molecule has 1 aromatic rings. The molecular formula is C20H32FN3O3S. The Morgan fingerprint density at radius 2 is 2.00 bits per heavy atom. The van der Waals surface area contributed by atoms with Gasteiger partial charge in [0, 0.05) is 25.6 Å². The van der Waals surface area contributed by atoms with Crippen LogP contribution in [-0.4, -0.2) is 63.0 Å². The fraction of sp³-hybridized carbons (Fsp3) is 0.650. The lowest BCUT2D eigenvalue weighted by Crippen LogP contribution is -2.45. The molecule has 158 valence electrons. The van der Waals surface area contributed by atoms with Gasteiger partial charge in [0.1, 0.15) is 5.82 Å². The fourth-order valence-corrected chi connectivity index (χ4v) is 5.18. The highest BCUT2D eigenvalue weighted by atomic mass is 32.2. The number of rotatable bonds is 9. The number of halogens is 1. The maximum Gasteiger partial charge on any atom is 0.223 e. The Morgan fingerprint density at radius 1 is 1.32 bits per heavy atom. The van der Waals surface area contributed by atoms with Crippen LogP contribution in [0.3, 0.4) is 0 Å². The Labute approximate surface area is 168 Å². The molecule has 1 aliphatic heterocycles. The lowest BCUT2D eigenvalue weighted by atomic mass is 9.97. The van der Waals surface area contributed by atoms with Crippen molar-refractivity contribution >= 4 is 15.9 Å². The predicted molar refractivity (Wildman–Crippen MR) is 109 cm³/mol. The van der Waals surface area contributed by atoms with Crippen LogP contribution in [0.2, 0.25) is 0 Å². The van der Waals surface area contributed by atoms with Crippen molar-refractivity contribution < 1.29 is 17.6 Å². The molecule has 0 aromatic heterocycles. The van der Waals surface area contributed by atoms with E-state index in [-0.39, 0.29) is 29.4 Å². The normalized spacial score (nSPS) is 17.6. The van der Waals surface area contributed by atoms with Gasteiger partial charge in [-0.25, -0.2) is 17.1 Å². The Bertz CT molecular complexity index is 747. The van der Waals surface area contributed by atoms with Gasteiger partial charge in [-0.05, 0) is 51.1 Å². The molecule has 0 bridgehead atoms. The van der Waals surface area contributed by atoms with Gasteiger partial charge < -0.3 is 10.2 Å². The third-order valence-corrected chi connectivity index (χ3v) is 7.26. The van der Waals surface area contributed by atoms with E-state index in [0.717, 1.165) is 12.0 Å². The first-order valence-corrected chi connectivity index (χ1v) is 11.5. The van der Waals surface area contributed by atoms with Crippen LogP contribution in [0.4, 0.5) is 4.39 Å². The molecule has 1 heterocycles. The summed E-state index contributed by atoms with van der Waals surface area (Å²) in [7, 11) is 0.568. The molecule has 0 spiro atoms. The van der Waals surface area contributed by atoms with E-state index in [0.29, 0.717) is 38.9 Å². The molecule has 1 amide bonds. The smallest absolute Gasteiger partial charge is 0.223 e. The summed E-state index contributed by atoms with van der Waals surface area (Å²) in [6, 6.07) is 6.26. The largest absolute Gasteiger partial charge is 0.354 e. The van der Waals surface area contributed by atoms with E-state index in [1.165, 1.54) is 16.4 Å². The van der Waals surface area contributed by atoms with E-state index in [1.54, 1.807) is 6.07 Å². The summed E-state index contributed by atoms with van der Waals surface area (Å²) >= 11 is 0. The third kappa shape index (κ3) is 6.25. The van der Waals surface area contributed by atoms with Gasteiger partial charge in [-0.15, -0.1) is 0 Å². The number of likely N-dealkylation sites (N-methyl/N-ethyl adjacent to an activating group) is 1. The zero-order valence-electron chi connectivity index (χ0n) is 17.0. The first-order chi connectivity index (χ1) is 13.2. The number of sulfonamides is 1. The van der Waals surface area contributed by atoms with Crippen LogP contribution in [0.5, 0.6) is 0 Å². The maximum absolute atomic E-state index is 13.5. The van der Waals surface area contributed by atoms with E-state index < -0.39 is 10.0 Å². The molecule has 6 nitrogen and oxygen atoms in total. The Hall–Kier alpha value is -1.51. The van der Waals surface area contributed by atoms with E-state index in [9.17, 15) is 17.6 Å². The Kier molecular flexibility index (Phi) is 8.39. The van der Waals surface area contributed by atoms with Gasteiger partial charge in [-0.3, -0.25) is 4.79 Å². The summed E-state index contributed by atoms with van der Waals surface area (Å²) in [6.07, 6.45) is 2.57. The summed E-state index contributed by atoms with van der Waals surface area (Å²) in [6.45, 7) is 3.14. The molecule has 8 heteroatoms. The molecule has 1 unspecified atom stereocenters. The molecule has 1 saturated heterocycles. The Morgan fingerprint density at radius 3 is 2.57 bits per heavy atom. The highest BCUT2D eigenvalue weighted by Crippen LogP contribution is 2.22. The van der Waals surface area contributed by atoms with Gasteiger partial charge >= 0.3 is 0 Å². The number of amides is 1. The molecule has 1 aromatic carbocycles. The van der Waals surface area contributed by atoms with Crippen molar-refractivity contribution in [2.45, 2.75) is 38.6 Å². The fourth-order valence-electron chi connectivity index (χ4n) is 3.51. The zero-order valence-corrected chi connectivity index (χ0v) is 17.8. The summed E-state index contributed by atoms with van der Waals surface area (Å²) in [5.74, 6) is -0.368. The zero-order chi connectivity index (χ0) is 20.7. The number of carbonyl (C=O) groups excluding carboxylic acids is 1. The van der Waals surface area contributed by atoms with Crippen LogP contribution in [0.25, 0.3) is 0 Å². The number of carbonyl (C=O) groups is 1. The molecule has 1 atom stereocenters. The van der Waals surface area contributed by atoms with E-state index in [1.807, 2.05) is 32.0 Å². The molecule has 1 fully saturated rings. The monoisotopic (exact) mass is 413 g/mol. The number of unbranched alkanes of at least 4 members (excludes halogenated alkanes) is 1. The van der Waals surface area contributed by atoms with Crippen molar-refractivity contribution in [1.82, 2.24) is 14.5 Å². The molecule has 1 N–H and O–H groups in total. The average Bonchev–Trinajstić information content (AvgIpc) is 2.66. The summed E-state index contributed by atoms with van der Waals surface area (Å²) < 4.78 is 39.6. The minimum atomic E-state index is -3.21. The number of hydrogen-bond donors (Lipinski definition) is 1. The lowest BCUT2D eigenvalue weighted by molar-refractivity contribution is -0.126. The third-order valence-electron chi connectivity index (χ3n) is 5.30. The highest BCUT2D eigenvalue weighted by molar-refractivity contribution is 7.89. The van der Waals surface area contributed by atoms with Gasteiger partial charge in [0.2, 0.25) is 15.9 Å². The summed E-state index contributed by atoms with van der Waals surface area (Å²) in [5.41, 5.74) is 0.808. The quantitative estimate of drug-likeness (QED) is 0.675. The van der Waals surface area contributed by atoms with Gasteiger partial charge in [0.05, 0.1) is 11.8 Å². The van der Waals surface area contributed by atoms with Gasteiger partial charge in [-0.1, -0.05) is 25.5 Å². The number of benzene rings is 1. The van der Waals surface area contributed by atoms with E-state index >= 15 is 0 Å². The molecule has 1 aliphatic rings. The minimum absolute atomic E-state index is 0.0612. The van der Waals surface area contributed by atoms with Crippen LogP contribution in [0.1, 0.15) is 44.2 Å². The SMILES string of the molecule is CCCCS(=O)(=O)N1CCC(C(=O)NCC(c2cccc(F)c2)N(C)C)CC1. The number of nitrogens with zero attached hydrogens (tertiary/aromatic N) is 2. The lowest BCUT2D eigenvalue weighted by Gasteiger charge is -2.31. The average molecular weight is 414 g/mol. The molecule has 0 radical (unpaired) electrons. The van der Waals surface area contributed by atoms with Crippen LogP contribution in [-0.2, 0) is 14.8 Å².